The molecule has 0 radical (unpaired) electrons. The maximum atomic E-state index is 8.75. The van der Waals surface area contributed by atoms with Gasteiger partial charge in [-0.15, -0.1) is 0 Å². The minimum Gasteiger partial charge on any atom is -0.487 e. The lowest BCUT2D eigenvalue weighted by Crippen LogP contribution is -2.16. The van der Waals surface area contributed by atoms with Crippen LogP contribution in [-0.2, 0) is 0 Å². The summed E-state index contributed by atoms with van der Waals surface area (Å²) in [5, 5.41) is 9.76. The van der Waals surface area contributed by atoms with E-state index in [0.717, 1.165) is 0 Å². The molecule has 1 atom stereocenters. The van der Waals surface area contributed by atoms with Gasteiger partial charge >= 0.3 is 0 Å². The molecule has 72 valence electrons. The molecule has 1 N–H and O–H groups in total. The highest BCUT2D eigenvalue weighted by Gasteiger charge is 2.06. The first-order valence-electron chi connectivity index (χ1n) is 3.86. The van der Waals surface area contributed by atoms with Crippen LogP contribution in [0, 0.1) is 0 Å². The van der Waals surface area contributed by atoms with Crippen molar-refractivity contribution >= 4 is 23.2 Å². The Morgan fingerprint density at radius 3 is 2.69 bits per heavy atom. The van der Waals surface area contributed by atoms with Crippen molar-refractivity contribution in [2.45, 2.75) is 13.0 Å². The number of hydrogen-bond acceptors (Lipinski definition) is 2. The Morgan fingerprint density at radius 1 is 1.46 bits per heavy atom. The fourth-order valence-corrected chi connectivity index (χ4v) is 1.28. The summed E-state index contributed by atoms with van der Waals surface area (Å²) in [6.07, 6.45) is -0.265. The summed E-state index contributed by atoms with van der Waals surface area (Å²) in [6.45, 7) is 1.71. The Balaban J connectivity index is 2.77. The van der Waals surface area contributed by atoms with Gasteiger partial charge in [-0.05, 0) is 25.1 Å². The highest BCUT2D eigenvalue weighted by molar-refractivity contribution is 6.35. The van der Waals surface area contributed by atoms with E-state index in [-0.39, 0.29) is 12.7 Å². The van der Waals surface area contributed by atoms with Gasteiger partial charge in [-0.25, -0.2) is 0 Å². The summed E-state index contributed by atoms with van der Waals surface area (Å²) in [6, 6.07) is 4.96. The summed E-state index contributed by atoms with van der Waals surface area (Å²) in [5.74, 6) is 0.535. The van der Waals surface area contributed by atoms with Crippen molar-refractivity contribution in [3.05, 3.63) is 28.2 Å². The van der Waals surface area contributed by atoms with Crippen LogP contribution in [0.25, 0.3) is 0 Å². The topological polar surface area (TPSA) is 29.5 Å². The van der Waals surface area contributed by atoms with Crippen LogP contribution in [0.15, 0.2) is 18.2 Å². The molecular formula is C9H10Cl2O2. The van der Waals surface area contributed by atoms with Gasteiger partial charge in [0.25, 0.3) is 0 Å². The van der Waals surface area contributed by atoms with Crippen LogP contribution >= 0.6 is 23.2 Å². The number of rotatable bonds is 3. The second-order valence-electron chi connectivity index (χ2n) is 2.69. The molecule has 0 spiro atoms. The minimum atomic E-state index is -0.265. The highest BCUT2D eigenvalue weighted by Crippen LogP contribution is 2.28. The first-order chi connectivity index (χ1) is 6.13. The van der Waals surface area contributed by atoms with E-state index >= 15 is 0 Å². The van der Waals surface area contributed by atoms with E-state index in [0.29, 0.717) is 15.8 Å². The third-order valence-corrected chi connectivity index (χ3v) is 2.01. The van der Waals surface area contributed by atoms with Crippen molar-refractivity contribution in [3.8, 4) is 5.75 Å². The molecule has 2 nitrogen and oxygen atoms in total. The third-order valence-electron chi connectivity index (χ3n) is 1.48. The van der Waals surface area contributed by atoms with Crippen LogP contribution in [-0.4, -0.2) is 17.8 Å². The van der Waals surface area contributed by atoms with Crippen molar-refractivity contribution in [2.75, 3.05) is 6.61 Å². The fourth-order valence-electron chi connectivity index (χ4n) is 0.825. The minimum absolute atomic E-state index is 0.0427. The largest absolute Gasteiger partial charge is 0.487 e. The Bertz CT molecular complexity index is 289. The first kappa shape index (κ1) is 10.6. The van der Waals surface area contributed by atoms with Crippen molar-refractivity contribution < 1.29 is 9.84 Å². The zero-order valence-electron chi connectivity index (χ0n) is 7.13. The van der Waals surface area contributed by atoms with E-state index in [4.69, 9.17) is 33.0 Å². The van der Waals surface area contributed by atoms with Crippen LogP contribution in [0.1, 0.15) is 6.92 Å². The van der Waals surface area contributed by atoms with Gasteiger partial charge in [0.2, 0.25) is 0 Å². The second-order valence-corrected chi connectivity index (χ2v) is 3.53. The molecule has 0 bridgehead atoms. The maximum Gasteiger partial charge on any atom is 0.138 e. The summed E-state index contributed by atoms with van der Waals surface area (Å²) in [4.78, 5) is 0. The van der Waals surface area contributed by atoms with Crippen LogP contribution in [0.4, 0.5) is 0 Å². The molecule has 0 saturated heterocycles. The molecule has 1 aromatic rings. The predicted molar refractivity (Wildman–Crippen MR) is 53.6 cm³/mol. The normalized spacial score (nSPS) is 12.6. The van der Waals surface area contributed by atoms with Gasteiger partial charge < -0.3 is 9.84 Å². The molecule has 0 aromatic heterocycles. The molecule has 0 aliphatic carbocycles. The van der Waals surface area contributed by atoms with Crippen molar-refractivity contribution in [1.29, 1.82) is 0 Å². The van der Waals surface area contributed by atoms with Gasteiger partial charge in [0.1, 0.15) is 11.9 Å². The van der Waals surface area contributed by atoms with E-state index < -0.39 is 0 Å². The van der Waals surface area contributed by atoms with Crippen molar-refractivity contribution in [1.82, 2.24) is 0 Å². The van der Waals surface area contributed by atoms with Crippen LogP contribution in [0.5, 0.6) is 5.75 Å². The predicted octanol–water partition coefficient (Wildman–Crippen LogP) is 2.75. The lowest BCUT2D eigenvalue weighted by atomic mass is 10.3. The molecule has 0 saturated carbocycles. The standard InChI is InChI=1S/C9H10Cl2O2/c1-6(5-12)13-9-3-2-7(10)4-8(9)11/h2-4,6,12H,5H2,1H3/t6-/m0/s1. The van der Waals surface area contributed by atoms with Gasteiger partial charge in [-0.1, -0.05) is 23.2 Å². The summed E-state index contributed by atoms with van der Waals surface area (Å²) in [5.41, 5.74) is 0. The molecule has 0 unspecified atom stereocenters. The second kappa shape index (κ2) is 4.70. The number of hydrogen-bond donors (Lipinski definition) is 1. The summed E-state index contributed by atoms with van der Waals surface area (Å²) < 4.78 is 5.31. The number of ether oxygens (including phenoxy) is 1. The zero-order valence-corrected chi connectivity index (χ0v) is 8.64. The van der Waals surface area contributed by atoms with Gasteiger partial charge in [-0.2, -0.15) is 0 Å². The monoisotopic (exact) mass is 220 g/mol. The lowest BCUT2D eigenvalue weighted by molar-refractivity contribution is 0.130. The molecule has 4 heteroatoms. The molecule has 1 aromatic carbocycles. The number of aliphatic hydroxyl groups excluding tert-OH is 1. The number of aliphatic hydroxyl groups is 1. The van der Waals surface area contributed by atoms with Gasteiger partial charge in [0.15, 0.2) is 0 Å². The maximum absolute atomic E-state index is 8.75. The number of benzene rings is 1. The Morgan fingerprint density at radius 2 is 2.15 bits per heavy atom. The molecule has 0 fully saturated rings. The third kappa shape index (κ3) is 3.07. The molecule has 0 amide bonds. The molecule has 13 heavy (non-hydrogen) atoms. The smallest absolute Gasteiger partial charge is 0.138 e. The van der Waals surface area contributed by atoms with Gasteiger partial charge in [0.05, 0.1) is 11.6 Å². The fraction of sp³-hybridized carbons (Fsp3) is 0.333. The first-order valence-corrected chi connectivity index (χ1v) is 4.61. The Kier molecular flexibility index (Phi) is 3.85. The molecule has 0 heterocycles. The lowest BCUT2D eigenvalue weighted by Gasteiger charge is -2.12. The van der Waals surface area contributed by atoms with E-state index in [1.807, 2.05) is 0 Å². The Labute approximate surface area is 87.0 Å². The van der Waals surface area contributed by atoms with Crippen LogP contribution < -0.4 is 4.74 Å². The molecule has 1 rings (SSSR count). The number of halogens is 2. The van der Waals surface area contributed by atoms with Crippen molar-refractivity contribution in [2.24, 2.45) is 0 Å². The van der Waals surface area contributed by atoms with Gasteiger partial charge in [0, 0.05) is 5.02 Å². The average Bonchev–Trinajstić information content (AvgIpc) is 2.09. The molecule has 0 aliphatic rings. The van der Waals surface area contributed by atoms with Gasteiger partial charge in [-0.3, -0.25) is 0 Å². The highest BCUT2D eigenvalue weighted by atomic mass is 35.5. The van der Waals surface area contributed by atoms with E-state index in [1.54, 1.807) is 25.1 Å². The SMILES string of the molecule is C[C@@H](CO)Oc1ccc(Cl)cc1Cl. The van der Waals surface area contributed by atoms with E-state index in [1.165, 1.54) is 0 Å². The summed E-state index contributed by atoms with van der Waals surface area (Å²) >= 11 is 11.5. The van der Waals surface area contributed by atoms with Crippen molar-refractivity contribution in [3.63, 3.8) is 0 Å². The Hall–Kier alpha value is -0.440. The summed E-state index contributed by atoms with van der Waals surface area (Å²) in [7, 11) is 0. The molecular weight excluding hydrogens is 211 g/mol. The van der Waals surface area contributed by atoms with E-state index in [9.17, 15) is 0 Å². The quantitative estimate of drug-likeness (QED) is 0.850. The van der Waals surface area contributed by atoms with Crippen LogP contribution in [0.2, 0.25) is 10.0 Å². The van der Waals surface area contributed by atoms with E-state index in [2.05, 4.69) is 0 Å². The zero-order chi connectivity index (χ0) is 9.84. The average molecular weight is 221 g/mol. The van der Waals surface area contributed by atoms with Crippen LogP contribution in [0.3, 0.4) is 0 Å². The molecule has 0 aliphatic heterocycles.